The number of carbonyl (C=O) groups excluding carboxylic acids is 9. The number of para-hydroxylation sites is 1. The second-order valence-corrected chi connectivity index (χ2v) is 19.4. The molecule has 1 aliphatic rings. The Kier molecular flexibility index (Phi) is 27.7. The van der Waals surface area contributed by atoms with Crippen LogP contribution in [0.1, 0.15) is 81.0 Å². The van der Waals surface area contributed by atoms with Crippen molar-refractivity contribution in [2.24, 2.45) is 11.7 Å². The van der Waals surface area contributed by atoms with Crippen molar-refractivity contribution in [3.8, 4) is 17.6 Å². The number of anilines is 2. The normalized spacial score (nSPS) is 12.4. The van der Waals surface area contributed by atoms with Crippen LogP contribution in [0.5, 0.6) is 5.75 Å². The number of non-ortho nitro benzene ring substituents is 1. The van der Waals surface area contributed by atoms with E-state index in [0.717, 1.165) is 16.7 Å². The van der Waals surface area contributed by atoms with E-state index in [4.69, 9.17) is 34.2 Å². The summed E-state index contributed by atoms with van der Waals surface area (Å²) in [6, 6.07) is 21.5. The van der Waals surface area contributed by atoms with Crippen LogP contribution in [0.3, 0.4) is 0 Å². The molecule has 0 saturated carbocycles. The molecule has 454 valence electrons. The van der Waals surface area contributed by atoms with E-state index in [1.807, 2.05) is 48.5 Å². The molecule has 0 spiro atoms. The summed E-state index contributed by atoms with van der Waals surface area (Å²) in [5, 5.41) is 26.7. The van der Waals surface area contributed by atoms with Crippen molar-refractivity contribution in [3.05, 3.63) is 129 Å². The summed E-state index contributed by atoms with van der Waals surface area (Å²) >= 11 is 0. The number of esters is 1. The van der Waals surface area contributed by atoms with Crippen LogP contribution in [0.2, 0.25) is 0 Å². The van der Waals surface area contributed by atoms with Crippen molar-refractivity contribution in [3.63, 3.8) is 0 Å². The summed E-state index contributed by atoms with van der Waals surface area (Å²) in [5.41, 5.74) is 9.01. The van der Waals surface area contributed by atoms with Gasteiger partial charge in [0.25, 0.3) is 5.69 Å². The van der Waals surface area contributed by atoms with Gasteiger partial charge in [-0.2, -0.15) is 0 Å². The highest BCUT2D eigenvalue weighted by Crippen LogP contribution is 2.26. The summed E-state index contributed by atoms with van der Waals surface area (Å²) in [6.45, 7) is 4.63. The van der Waals surface area contributed by atoms with Crippen molar-refractivity contribution in [1.82, 2.24) is 26.6 Å². The van der Waals surface area contributed by atoms with E-state index in [0.29, 0.717) is 23.5 Å². The third kappa shape index (κ3) is 23.7. The monoisotopic (exact) mass is 1180 g/mol. The number of rotatable bonds is 34. The van der Waals surface area contributed by atoms with E-state index in [9.17, 15) is 53.3 Å². The van der Waals surface area contributed by atoms with Crippen molar-refractivity contribution >= 4 is 70.7 Å². The number of nitro groups is 1. The standard InChI is InChI=1S/C59H71N9O17/c1-39(2)54(57(75)65-47(12-8-29-62-58(60)76)55(73)63-44-18-14-40(15-19-44)38-84-59(77)85-46-22-20-45(21-23-46)68(78)79)66-56(74)48(24-27-53(72)80-3)64-51(70)28-31-81-33-35-83-36-34-82-32-30-61-50(69)25-26-52(71)67-37-43-11-5-4-9-41(43)16-17-42-10-6-7-13-49(42)67/h4-7,9-11,13-15,18-23,39,47-48,54H,8,12,24-38H2,1-3H3,(H,61,69)(H,63,73)(H,64,70)(H,65,75)(H,66,74)(H3,60,62,76)/t47-,48?,54-/m1/s1. The average molecular weight is 1180 g/mol. The van der Waals surface area contributed by atoms with Crippen molar-refractivity contribution in [2.75, 3.05) is 70.1 Å². The van der Waals surface area contributed by atoms with Gasteiger partial charge < -0.3 is 71.0 Å². The number of carbonyl (C=O) groups is 9. The van der Waals surface area contributed by atoms with Crippen LogP contribution >= 0.6 is 0 Å². The number of nitrogens with zero attached hydrogens (tertiary/aromatic N) is 2. The van der Waals surface area contributed by atoms with E-state index in [2.05, 4.69) is 43.7 Å². The predicted octanol–water partition coefficient (Wildman–Crippen LogP) is 4.04. The summed E-state index contributed by atoms with van der Waals surface area (Å²) in [4.78, 5) is 128. The van der Waals surface area contributed by atoms with Gasteiger partial charge in [0.2, 0.25) is 35.4 Å². The van der Waals surface area contributed by atoms with Crippen LogP contribution in [0.4, 0.5) is 26.7 Å². The Bertz CT molecular complexity index is 3000. The molecule has 8 amide bonds. The zero-order chi connectivity index (χ0) is 61.5. The van der Waals surface area contributed by atoms with Gasteiger partial charge in [0.1, 0.15) is 30.5 Å². The maximum absolute atomic E-state index is 13.9. The second-order valence-electron chi connectivity index (χ2n) is 19.4. The topological polar surface area (TPSA) is 354 Å². The number of methoxy groups -OCH3 is 1. The number of amides is 8. The molecule has 1 heterocycles. The van der Waals surface area contributed by atoms with Crippen molar-refractivity contribution in [1.29, 1.82) is 0 Å². The van der Waals surface area contributed by atoms with E-state index in [1.54, 1.807) is 30.9 Å². The number of urea groups is 1. The zero-order valence-electron chi connectivity index (χ0n) is 47.5. The Morgan fingerprint density at radius 3 is 1.99 bits per heavy atom. The van der Waals surface area contributed by atoms with E-state index < -0.39 is 70.8 Å². The minimum absolute atomic E-state index is 0.00175. The summed E-state index contributed by atoms with van der Waals surface area (Å²) < 4.78 is 31.5. The van der Waals surface area contributed by atoms with Crippen LogP contribution in [0, 0.1) is 27.9 Å². The number of fused-ring (bicyclic) bond motifs is 2. The Hall–Kier alpha value is -9.45. The van der Waals surface area contributed by atoms with Crippen molar-refractivity contribution in [2.45, 2.75) is 90.1 Å². The predicted molar refractivity (Wildman–Crippen MR) is 307 cm³/mol. The van der Waals surface area contributed by atoms with Gasteiger partial charge in [-0.1, -0.05) is 68.2 Å². The van der Waals surface area contributed by atoms with Gasteiger partial charge in [-0.05, 0) is 78.8 Å². The second kappa shape index (κ2) is 35.5. The van der Waals surface area contributed by atoms with Gasteiger partial charge in [-0.3, -0.25) is 43.7 Å². The molecule has 0 fully saturated rings. The number of nitrogens with two attached hydrogens (primary N) is 1. The molecule has 0 bridgehead atoms. The average Bonchev–Trinajstić information content (AvgIpc) is 3.60. The highest BCUT2D eigenvalue weighted by atomic mass is 16.7. The van der Waals surface area contributed by atoms with Gasteiger partial charge in [0.15, 0.2) is 0 Å². The highest BCUT2D eigenvalue weighted by Gasteiger charge is 2.32. The largest absolute Gasteiger partial charge is 0.514 e. The lowest BCUT2D eigenvalue weighted by Gasteiger charge is -2.27. The number of nitro benzene ring substituents is 1. The first-order chi connectivity index (χ1) is 40.9. The lowest BCUT2D eigenvalue weighted by molar-refractivity contribution is -0.384. The Morgan fingerprint density at radius 2 is 1.31 bits per heavy atom. The number of nitrogens with one attached hydrogen (secondary N) is 6. The van der Waals surface area contributed by atoms with Crippen LogP contribution in [0.25, 0.3) is 0 Å². The van der Waals surface area contributed by atoms with Gasteiger partial charge in [-0.25, -0.2) is 9.59 Å². The van der Waals surface area contributed by atoms with E-state index in [-0.39, 0.29) is 128 Å². The molecule has 85 heavy (non-hydrogen) atoms. The molecule has 1 aliphatic heterocycles. The van der Waals surface area contributed by atoms with E-state index in [1.165, 1.54) is 43.5 Å². The number of hydrogen-bond donors (Lipinski definition) is 7. The number of ether oxygens (including phenoxy) is 6. The first-order valence-corrected chi connectivity index (χ1v) is 27.4. The summed E-state index contributed by atoms with van der Waals surface area (Å²) in [5.74, 6) is 1.91. The zero-order valence-corrected chi connectivity index (χ0v) is 47.5. The van der Waals surface area contributed by atoms with Crippen molar-refractivity contribution < 1.29 is 76.5 Å². The summed E-state index contributed by atoms with van der Waals surface area (Å²) in [7, 11) is 1.17. The smallest absolute Gasteiger partial charge is 0.469 e. The molecule has 0 aromatic heterocycles. The van der Waals surface area contributed by atoms with Crippen LogP contribution < -0.4 is 47.3 Å². The fraction of sp³-hybridized carbons (Fsp3) is 0.407. The van der Waals surface area contributed by atoms with Crippen LogP contribution in [-0.2, 0) is 70.4 Å². The molecule has 4 aromatic rings. The minimum atomic E-state index is -1.29. The van der Waals surface area contributed by atoms with E-state index >= 15 is 0 Å². The lowest BCUT2D eigenvalue weighted by Crippen LogP contribution is -2.58. The molecule has 1 unspecified atom stereocenters. The molecule has 26 nitrogen and oxygen atoms in total. The molecule has 0 radical (unpaired) electrons. The molecule has 5 rings (SSSR count). The molecular weight excluding hydrogens is 1110 g/mol. The van der Waals surface area contributed by atoms with Crippen LogP contribution in [-0.4, -0.2) is 136 Å². The highest BCUT2D eigenvalue weighted by molar-refractivity contribution is 5.99. The Labute approximate surface area is 491 Å². The van der Waals surface area contributed by atoms with Gasteiger partial charge in [-0.15, -0.1) is 0 Å². The fourth-order valence-corrected chi connectivity index (χ4v) is 8.17. The Balaban J connectivity index is 0.999. The summed E-state index contributed by atoms with van der Waals surface area (Å²) in [6.07, 6.45) is -1.46. The molecule has 3 atom stereocenters. The minimum Gasteiger partial charge on any atom is -0.469 e. The third-order valence-corrected chi connectivity index (χ3v) is 12.7. The van der Waals surface area contributed by atoms with Gasteiger partial charge >= 0.3 is 18.2 Å². The fourth-order valence-electron chi connectivity index (χ4n) is 8.17. The maximum atomic E-state index is 13.9. The lowest BCUT2D eigenvalue weighted by atomic mass is 10.0. The molecule has 4 aromatic carbocycles. The molecule has 26 heteroatoms. The van der Waals surface area contributed by atoms with Gasteiger partial charge in [0.05, 0.1) is 63.9 Å². The molecule has 8 N–H and O–H groups in total. The van der Waals surface area contributed by atoms with Crippen LogP contribution in [0.15, 0.2) is 97.1 Å². The number of primary amides is 1. The third-order valence-electron chi connectivity index (χ3n) is 12.7. The molecule has 0 aliphatic carbocycles. The SMILES string of the molecule is COC(=O)CCC(NC(=O)CCOCCOCCOCCNC(=O)CCC(=O)N1Cc2ccccc2C#Cc2ccccc21)C(=O)N[C@@H](C(=O)N[C@H](CCCNC(N)=O)C(=O)Nc1ccc(COC(=O)Oc2ccc([N+](=O)[O-])cc2)cc1)C(C)C. The molecular formula is C59H71N9O17. The first kappa shape index (κ1) is 66.4. The number of benzene rings is 4. The van der Waals surface area contributed by atoms with Gasteiger partial charge in [0, 0.05) is 67.7 Å². The number of hydrogen-bond acceptors (Lipinski definition) is 17. The Morgan fingerprint density at radius 1 is 0.659 bits per heavy atom. The maximum Gasteiger partial charge on any atom is 0.514 e. The first-order valence-electron chi connectivity index (χ1n) is 27.4. The molecule has 0 saturated heterocycles. The quantitative estimate of drug-likeness (QED) is 0.00866.